The number of likely N-dealkylation sites (tertiary alicyclic amines) is 1. The minimum atomic E-state index is -1.34. The Bertz CT molecular complexity index is 1490. The number of nitrogens with one attached hydrogen (secondary N) is 1. The van der Waals surface area contributed by atoms with Gasteiger partial charge in [0, 0.05) is 26.1 Å². The van der Waals surface area contributed by atoms with Gasteiger partial charge in [-0.1, -0.05) is 41.7 Å². The van der Waals surface area contributed by atoms with Crippen LogP contribution in [0.1, 0.15) is 39.0 Å². The summed E-state index contributed by atoms with van der Waals surface area (Å²) < 4.78 is 13.8. The molecule has 3 amide bonds. The standard InChI is InChI=1S/C31H38N6O7/c1-20-18-32-24(39)12-4-2-7-15-35(19-37-22-11-6-5-10-21(22)33-34-37)29(41)27-31-14-13-23(44-31)25(30(42)43-20)26(31)28(40)36(27)16-8-3-9-17-38/h2,5-7,10-11,13-14,20,23,25-27,38H,3-4,8-9,12,15-19H2,1H3,(H,32,39)/b7-2-/t20-,23+,25-,26-,27+,31-/m0/s1. The van der Waals surface area contributed by atoms with E-state index in [1.807, 2.05) is 36.4 Å². The van der Waals surface area contributed by atoms with Gasteiger partial charge in [-0.25, -0.2) is 4.68 Å². The van der Waals surface area contributed by atoms with E-state index < -0.39 is 41.7 Å². The lowest BCUT2D eigenvalue weighted by Gasteiger charge is -2.35. The third-order valence-corrected chi connectivity index (χ3v) is 8.91. The molecule has 0 radical (unpaired) electrons. The summed E-state index contributed by atoms with van der Waals surface area (Å²) in [5.74, 6) is -3.30. The number of amides is 3. The largest absolute Gasteiger partial charge is 0.460 e. The number of hydrogen-bond donors (Lipinski definition) is 2. The Labute approximate surface area is 254 Å². The van der Waals surface area contributed by atoms with Gasteiger partial charge in [0.25, 0.3) is 5.91 Å². The molecule has 2 fully saturated rings. The highest BCUT2D eigenvalue weighted by molar-refractivity contribution is 5.99. The zero-order chi connectivity index (χ0) is 30.8. The van der Waals surface area contributed by atoms with Gasteiger partial charge in [0.1, 0.15) is 35.9 Å². The van der Waals surface area contributed by atoms with Crippen LogP contribution in [-0.2, 0) is 35.3 Å². The Morgan fingerprint density at radius 3 is 2.77 bits per heavy atom. The molecule has 4 aliphatic rings. The van der Waals surface area contributed by atoms with Crippen molar-refractivity contribution in [2.75, 3.05) is 26.2 Å². The second kappa shape index (κ2) is 12.5. The molecule has 6 rings (SSSR count). The van der Waals surface area contributed by atoms with Crippen molar-refractivity contribution < 1.29 is 33.8 Å². The number of para-hydroxylation sites is 1. The summed E-state index contributed by atoms with van der Waals surface area (Å²) in [6.07, 6.45) is 8.40. The van der Waals surface area contributed by atoms with Gasteiger partial charge in [-0.05, 0) is 44.7 Å². The van der Waals surface area contributed by atoms with Crippen molar-refractivity contribution in [1.82, 2.24) is 30.1 Å². The third-order valence-electron chi connectivity index (χ3n) is 8.91. The zero-order valence-corrected chi connectivity index (χ0v) is 24.7. The number of nitrogens with zero attached hydrogens (tertiary/aromatic N) is 5. The van der Waals surface area contributed by atoms with Crippen molar-refractivity contribution in [2.45, 2.75) is 69.5 Å². The molecule has 0 unspecified atom stereocenters. The van der Waals surface area contributed by atoms with Crippen molar-refractivity contribution in [2.24, 2.45) is 11.8 Å². The molecule has 0 saturated carbocycles. The van der Waals surface area contributed by atoms with Crippen LogP contribution in [0.4, 0.5) is 0 Å². The fraction of sp³-hybridized carbons (Fsp3) is 0.548. The summed E-state index contributed by atoms with van der Waals surface area (Å²) in [6, 6.07) is 6.42. The smallest absolute Gasteiger partial charge is 0.313 e. The number of allylic oxidation sites excluding steroid dienone is 1. The molecule has 4 aliphatic heterocycles. The number of aliphatic hydroxyl groups is 1. The molecule has 5 heterocycles. The molecule has 13 heteroatoms. The minimum absolute atomic E-state index is 0.0366. The number of cyclic esters (lactones) is 1. The second-order valence-corrected chi connectivity index (χ2v) is 11.9. The summed E-state index contributed by atoms with van der Waals surface area (Å²) in [6.45, 7) is 2.39. The molecular weight excluding hydrogens is 568 g/mol. The van der Waals surface area contributed by atoms with E-state index >= 15 is 0 Å². The van der Waals surface area contributed by atoms with Crippen LogP contribution in [0.15, 0.2) is 48.6 Å². The number of esters is 1. The molecule has 2 saturated heterocycles. The lowest BCUT2D eigenvalue weighted by atomic mass is 9.74. The first kappa shape index (κ1) is 29.9. The first-order valence-corrected chi connectivity index (χ1v) is 15.3. The fourth-order valence-corrected chi connectivity index (χ4v) is 6.80. The molecule has 234 valence electrons. The van der Waals surface area contributed by atoms with Crippen LogP contribution in [0.5, 0.6) is 0 Å². The number of ether oxygens (including phenoxy) is 2. The van der Waals surface area contributed by atoms with Crippen LogP contribution in [-0.4, -0.2) is 104 Å². The van der Waals surface area contributed by atoms with Gasteiger partial charge in [-0.2, -0.15) is 0 Å². The zero-order valence-electron chi connectivity index (χ0n) is 24.7. The van der Waals surface area contributed by atoms with Crippen LogP contribution in [0, 0.1) is 11.8 Å². The Hall–Kier alpha value is -4.10. The quantitative estimate of drug-likeness (QED) is 0.266. The van der Waals surface area contributed by atoms with E-state index in [0.717, 1.165) is 5.52 Å². The lowest BCUT2D eigenvalue weighted by Crippen LogP contribution is -2.56. The van der Waals surface area contributed by atoms with Crippen LogP contribution in [0.25, 0.3) is 11.0 Å². The average molecular weight is 607 g/mol. The number of hydrogen-bond acceptors (Lipinski definition) is 9. The molecule has 1 spiro atoms. The Morgan fingerprint density at radius 2 is 1.93 bits per heavy atom. The fourth-order valence-electron chi connectivity index (χ4n) is 6.80. The number of fused-ring (bicyclic) bond motifs is 3. The summed E-state index contributed by atoms with van der Waals surface area (Å²) in [4.78, 5) is 58.0. The van der Waals surface area contributed by atoms with E-state index in [0.29, 0.717) is 31.2 Å². The number of carbonyl (C=O) groups excluding carboxylic acids is 4. The molecule has 5 bridgehead atoms. The summed E-state index contributed by atoms with van der Waals surface area (Å²) in [5.41, 5.74) is 0.0965. The maximum absolute atomic E-state index is 14.7. The maximum atomic E-state index is 14.7. The van der Waals surface area contributed by atoms with E-state index in [2.05, 4.69) is 15.6 Å². The molecule has 13 nitrogen and oxygen atoms in total. The highest BCUT2D eigenvalue weighted by Gasteiger charge is 2.73. The maximum Gasteiger partial charge on any atom is 0.313 e. The van der Waals surface area contributed by atoms with Gasteiger partial charge >= 0.3 is 5.97 Å². The molecule has 1 aromatic heterocycles. The number of aliphatic hydroxyl groups excluding tert-OH is 1. The Kier molecular flexibility index (Phi) is 8.50. The number of benzene rings is 1. The van der Waals surface area contributed by atoms with Crippen LogP contribution < -0.4 is 5.32 Å². The van der Waals surface area contributed by atoms with E-state index in [-0.39, 0.29) is 57.1 Å². The average Bonchev–Trinajstić information content (AvgIpc) is 3.76. The van der Waals surface area contributed by atoms with E-state index in [4.69, 9.17) is 9.47 Å². The van der Waals surface area contributed by atoms with Gasteiger partial charge < -0.3 is 29.7 Å². The van der Waals surface area contributed by atoms with Gasteiger partial charge in [0.2, 0.25) is 11.8 Å². The third kappa shape index (κ3) is 5.38. The summed E-state index contributed by atoms with van der Waals surface area (Å²) in [7, 11) is 0. The van der Waals surface area contributed by atoms with Crippen molar-refractivity contribution in [3.8, 4) is 0 Å². The predicted molar refractivity (Wildman–Crippen MR) is 156 cm³/mol. The Morgan fingerprint density at radius 1 is 1.09 bits per heavy atom. The van der Waals surface area contributed by atoms with Crippen molar-refractivity contribution in [3.63, 3.8) is 0 Å². The summed E-state index contributed by atoms with van der Waals surface area (Å²) >= 11 is 0. The van der Waals surface area contributed by atoms with Crippen molar-refractivity contribution in [1.29, 1.82) is 0 Å². The molecule has 44 heavy (non-hydrogen) atoms. The monoisotopic (exact) mass is 606 g/mol. The lowest BCUT2D eigenvalue weighted by molar-refractivity contribution is -0.158. The Balaban J connectivity index is 1.39. The molecule has 6 atom stereocenters. The normalized spacial score (nSPS) is 31.5. The summed E-state index contributed by atoms with van der Waals surface area (Å²) in [5, 5.41) is 20.6. The first-order chi connectivity index (χ1) is 21.3. The molecule has 2 aromatic rings. The van der Waals surface area contributed by atoms with Crippen molar-refractivity contribution >= 4 is 34.7 Å². The van der Waals surface area contributed by atoms with E-state index in [1.54, 1.807) is 33.6 Å². The molecule has 2 N–H and O–H groups in total. The molecular formula is C31H38N6O7. The number of aromatic nitrogens is 3. The van der Waals surface area contributed by atoms with Crippen LogP contribution in [0.3, 0.4) is 0 Å². The van der Waals surface area contributed by atoms with Gasteiger partial charge in [-0.15, -0.1) is 5.10 Å². The topological polar surface area (TPSA) is 156 Å². The number of rotatable bonds is 7. The molecule has 1 aromatic carbocycles. The van der Waals surface area contributed by atoms with E-state index in [9.17, 15) is 24.3 Å². The van der Waals surface area contributed by atoms with Crippen LogP contribution in [0.2, 0.25) is 0 Å². The SMILES string of the molecule is C[C@H]1CNC(=O)CC/C=C\CN(Cn2nnc3ccccc32)C(=O)[C@H]2N(CCCCCO)C(=O)[C@@H]3[C@@H](C(=O)O1)[C@H]1C=C[C@]32O1. The highest BCUT2D eigenvalue weighted by atomic mass is 16.6. The molecule has 0 aliphatic carbocycles. The van der Waals surface area contributed by atoms with Gasteiger partial charge in [0.15, 0.2) is 0 Å². The van der Waals surface area contributed by atoms with Crippen molar-refractivity contribution in [3.05, 3.63) is 48.6 Å². The highest BCUT2D eigenvalue weighted by Crippen LogP contribution is 2.55. The predicted octanol–water partition coefficient (Wildman–Crippen LogP) is 0.929. The number of unbranched alkanes of at least 4 members (excludes halogenated alkanes) is 2. The van der Waals surface area contributed by atoms with Gasteiger partial charge in [0.05, 0.1) is 24.1 Å². The van der Waals surface area contributed by atoms with Crippen LogP contribution >= 0.6 is 0 Å². The van der Waals surface area contributed by atoms with E-state index in [1.165, 1.54) is 0 Å². The first-order valence-electron chi connectivity index (χ1n) is 15.3. The second-order valence-electron chi connectivity index (χ2n) is 11.9. The van der Waals surface area contributed by atoms with Gasteiger partial charge in [-0.3, -0.25) is 19.2 Å². The minimum Gasteiger partial charge on any atom is -0.460 e. The number of carbonyl (C=O) groups is 4.